The van der Waals surface area contributed by atoms with Crippen molar-refractivity contribution in [2.45, 2.75) is 51.0 Å². The molecule has 6 heteroatoms. The fraction of sp³-hybridized carbons (Fsp3) is 0.480. The van der Waals surface area contributed by atoms with Crippen molar-refractivity contribution in [3.63, 3.8) is 0 Å². The second kappa shape index (κ2) is 9.60. The van der Waals surface area contributed by atoms with Gasteiger partial charge in [-0.1, -0.05) is 70.3 Å². The van der Waals surface area contributed by atoms with Crippen molar-refractivity contribution in [2.24, 2.45) is 11.8 Å². The van der Waals surface area contributed by atoms with Crippen molar-refractivity contribution in [3.8, 4) is 0 Å². The third-order valence-electron chi connectivity index (χ3n) is 5.62. The minimum Gasteiger partial charge on any atom is -0.461 e. The quantitative estimate of drug-likeness (QED) is 0.406. The van der Waals surface area contributed by atoms with E-state index in [1.165, 1.54) is 19.1 Å². The Morgan fingerprint density at radius 3 is 2.10 bits per heavy atom. The van der Waals surface area contributed by atoms with E-state index >= 15 is 0 Å². The fourth-order valence-electron chi connectivity index (χ4n) is 4.08. The van der Waals surface area contributed by atoms with Gasteiger partial charge in [0.15, 0.2) is 5.78 Å². The fourth-order valence-corrected chi connectivity index (χ4v) is 4.08. The number of Topliss-reactive ketones (excluding diaryl/α,β-unsaturated/α-hetero) is 1. The van der Waals surface area contributed by atoms with Crippen LogP contribution in [0.5, 0.6) is 0 Å². The number of aliphatic hydroxyl groups is 1. The number of esters is 2. The van der Waals surface area contributed by atoms with Gasteiger partial charge in [0.25, 0.3) is 0 Å². The summed E-state index contributed by atoms with van der Waals surface area (Å²) in [6.45, 7) is 14.6. The highest BCUT2D eigenvalue weighted by molar-refractivity contribution is 6.02. The first-order valence-corrected chi connectivity index (χ1v) is 10.3. The molecule has 1 aliphatic carbocycles. The SMILES string of the molecule is C=CCOC(=O)[C@@H]1C(=O)C[C@](C)(O)[C@@H](C(=O)OCC=C)[C@@H]1c1ccc(C(C)(C)C)cc1. The molecule has 0 saturated heterocycles. The van der Waals surface area contributed by atoms with E-state index in [1.54, 1.807) is 12.1 Å². The largest absolute Gasteiger partial charge is 0.461 e. The van der Waals surface area contributed by atoms with Gasteiger partial charge in [-0.2, -0.15) is 0 Å². The Kier molecular flexibility index (Phi) is 7.60. The molecule has 0 radical (unpaired) electrons. The predicted molar refractivity (Wildman–Crippen MR) is 117 cm³/mol. The number of hydrogen-bond acceptors (Lipinski definition) is 6. The monoisotopic (exact) mass is 428 g/mol. The Labute approximate surface area is 183 Å². The van der Waals surface area contributed by atoms with Crippen molar-refractivity contribution in [1.82, 2.24) is 0 Å². The maximum absolute atomic E-state index is 13.0. The molecule has 1 saturated carbocycles. The Hall–Kier alpha value is -2.73. The number of carbonyl (C=O) groups excluding carboxylic acids is 3. The van der Waals surface area contributed by atoms with E-state index in [1.807, 2.05) is 12.1 Å². The van der Waals surface area contributed by atoms with E-state index in [0.29, 0.717) is 5.56 Å². The van der Waals surface area contributed by atoms with Gasteiger partial charge in [-0.05, 0) is 23.5 Å². The summed E-state index contributed by atoms with van der Waals surface area (Å²) in [6.07, 6.45) is 2.47. The zero-order valence-corrected chi connectivity index (χ0v) is 18.7. The van der Waals surface area contributed by atoms with E-state index in [9.17, 15) is 19.5 Å². The summed E-state index contributed by atoms with van der Waals surface area (Å²) in [5.41, 5.74) is -0.140. The summed E-state index contributed by atoms with van der Waals surface area (Å²) in [5, 5.41) is 11.0. The van der Waals surface area contributed by atoms with Gasteiger partial charge in [0, 0.05) is 12.3 Å². The van der Waals surface area contributed by atoms with Crippen LogP contribution in [-0.2, 0) is 29.3 Å². The lowest BCUT2D eigenvalue weighted by Gasteiger charge is -2.43. The summed E-state index contributed by atoms with van der Waals surface area (Å²) >= 11 is 0. The molecule has 1 fully saturated rings. The number of benzene rings is 1. The highest BCUT2D eigenvalue weighted by Gasteiger charge is 2.57. The van der Waals surface area contributed by atoms with E-state index < -0.39 is 41.1 Å². The highest BCUT2D eigenvalue weighted by atomic mass is 16.5. The third-order valence-corrected chi connectivity index (χ3v) is 5.62. The zero-order valence-electron chi connectivity index (χ0n) is 18.7. The molecule has 0 unspecified atom stereocenters. The first kappa shape index (κ1) is 24.5. The predicted octanol–water partition coefficient (Wildman–Crippen LogP) is 3.48. The van der Waals surface area contributed by atoms with Gasteiger partial charge < -0.3 is 14.6 Å². The molecule has 31 heavy (non-hydrogen) atoms. The van der Waals surface area contributed by atoms with Crippen LogP contribution in [0.4, 0.5) is 0 Å². The molecule has 0 heterocycles. The molecule has 168 valence electrons. The first-order chi connectivity index (χ1) is 14.4. The highest BCUT2D eigenvalue weighted by Crippen LogP contribution is 2.47. The average Bonchev–Trinajstić information content (AvgIpc) is 2.68. The molecular formula is C25H32O6. The Bertz CT molecular complexity index is 844. The summed E-state index contributed by atoms with van der Waals surface area (Å²) < 4.78 is 10.4. The molecule has 1 aromatic carbocycles. The van der Waals surface area contributed by atoms with Crippen LogP contribution in [0.3, 0.4) is 0 Å². The lowest BCUT2D eigenvalue weighted by Crippen LogP contribution is -2.55. The first-order valence-electron chi connectivity index (χ1n) is 10.3. The number of ketones is 1. The Morgan fingerprint density at radius 1 is 1.10 bits per heavy atom. The normalized spacial score (nSPS) is 26.1. The van der Waals surface area contributed by atoms with Crippen LogP contribution in [-0.4, -0.2) is 41.6 Å². The van der Waals surface area contributed by atoms with Crippen LogP contribution >= 0.6 is 0 Å². The second-order valence-electron chi connectivity index (χ2n) is 9.19. The zero-order chi connectivity index (χ0) is 23.4. The van der Waals surface area contributed by atoms with Crippen molar-refractivity contribution in [1.29, 1.82) is 0 Å². The van der Waals surface area contributed by atoms with Crippen LogP contribution < -0.4 is 0 Å². The third kappa shape index (κ3) is 5.50. The van der Waals surface area contributed by atoms with Gasteiger partial charge in [-0.3, -0.25) is 14.4 Å². The van der Waals surface area contributed by atoms with Crippen molar-refractivity contribution >= 4 is 17.7 Å². The van der Waals surface area contributed by atoms with Crippen LogP contribution in [0.15, 0.2) is 49.6 Å². The van der Waals surface area contributed by atoms with Crippen molar-refractivity contribution < 1.29 is 29.0 Å². The van der Waals surface area contributed by atoms with Crippen LogP contribution in [0.2, 0.25) is 0 Å². The van der Waals surface area contributed by atoms with Gasteiger partial charge in [0.2, 0.25) is 0 Å². The molecule has 1 aromatic rings. The molecule has 6 nitrogen and oxygen atoms in total. The van der Waals surface area contributed by atoms with Crippen LogP contribution in [0, 0.1) is 11.8 Å². The number of hydrogen-bond donors (Lipinski definition) is 1. The second-order valence-corrected chi connectivity index (χ2v) is 9.19. The molecule has 0 bridgehead atoms. The van der Waals surface area contributed by atoms with Gasteiger partial charge in [0.05, 0.1) is 11.5 Å². The van der Waals surface area contributed by atoms with Crippen LogP contribution in [0.1, 0.15) is 51.2 Å². The van der Waals surface area contributed by atoms with Gasteiger partial charge in [-0.25, -0.2) is 0 Å². The summed E-state index contributed by atoms with van der Waals surface area (Å²) in [6, 6.07) is 7.39. The summed E-state index contributed by atoms with van der Waals surface area (Å²) in [4.78, 5) is 38.7. The molecule has 4 atom stereocenters. The lowest BCUT2D eigenvalue weighted by molar-refractivity contribution is -0.171. The van der Waals surface area contributed by atoms with E-state index in [-0.39, 0.29) is 25.0 Å². The molecular weight excluding hydrogens is 396 g/mol. The molecule has 2 rings (SSSR count). The van der Waals surface area contributed by atoms with Gasteiger partial charge in [-0.15, -0.1) is 0 Å². The molecule has 1 N–H and O–H groups in total. The minimum atomic E-state index is -1.68. The topological polar surface area (TPSA) is 89.9 Å². The van der Waals surface area contributed by atoms with E-state index in [0.717, 1.165) is 5.56 Å². The van der Waals surface area contributed by atoms with Gasteiger partial charge in [0.1, 0.15) is 19.1 Å². The number of rotatable bonds is 7. The number of carbonyl (C=O) groups is 3. The summed E-state index contributed by atoms with van der Waals surface area (Å²) in [7, 11) is 0. The van der Waals surface area contributed by atoms with Crippen LogP contribution in [0.25, 0.3) is 0 Å². The molecule has 0 aliphatic heterocycles. The maximum Gasteiger partial charge on any atom is 0.317 e. The average molecular weight is 429 g/mol. The standard InChI is InChI=1S/C25H32O6/c1-7-13-30-22(27)20-18(26)15-25(6,29)21(23(28)31-14-8-2)19(20)16-9-11-17(12-10-16)24(3,4)5/h7-12,19-21,29H,1-2,13-15H2,3-6H3/t19-,20-,21-,25+/m1/s1. The minimum absolute atomic E-state index is 0.0411. The number of ether oxygens (including phenoxy) is 2. The Morgan fingerprint density at radius 2 is 1.61 bits per heavy atom. The van der Waals surface area contributed by atoms with E-state index in [2.05, 4.69) is 33.9 Å². The van der Waals surface area contributed by atoms with Crippen molar-refractivity contribution in [2.75, 3.05) is 13.2 Å². The maximum atomic E-state index is 13.0. The molecule has 0 aromatic heterocycles. The molecule has 0 amide bonds. The Balaban J connectivity index is 2.60. The smallest absolute Gasteiger partial charge is 0.317 e. The van der Waals surface area contributed by atoms with Crippen molar-refractivity contribution in [3.05, 3.63) is 60.7 Å². The molecule has 0 spiro atoms. The van der Waals surface area contributed by atoms with E-state index in [4.69, 9.17) is 9.47 Å². The van der Waals surface area contributed by atoms with Gasteiger partial charge >= 0.3 is 11.9 Å². The lowest BCUT2D eigenvalue weighted by atomic mass is 9.61. The summed E-state index contributed by atoms with van der Waals surface area (Å²) in [5.74, 6) is -5.21. The molecule has 1 aliphatic rings.